The van der Waals surface area contributed by atoms with Gasteiger partial charge >= 0.3 is 11.7 Å². The highest BCUT2D eigenvalue weighted by molar-refractivity contribution is 5.95. The third kappa shape index (κ3) is 4.57. The molecule has 0 unspecified atom stereocenters. The first-order chi connectivity index (χ1) is 15.6. The number of hydrogen-bond acceptors (Lipinski definition) is 2. The van der Waals surface area contributed by atoms with Gasteiger partial charge in [0.25, 0.3) is 0 Å². The number of carbonyl (C=O) groups is 1. The molecule has 0 bridgehead atoms. The van der Waals surface area contributed by atoms with Gasteiger partial charge in [-0.2, -0.15) is 0 Å². The molecule has 0 fully saturated rings. The van der Waals surface area contributed by atoms with Crippen LogP contribution in [0.2, 0.25) is 0 Å². The minimum atomic E-state index is -0.944. The summed E-state index contributed by atoms with van der Waals surface area (Å²) in [4.78, 5) is 24.7. The molecule has 0 saturated carbocycles. The van der Waals surface area contributed by atoms with Gasteiger partial charge in [0, 0.05) is 11.9 Å². The molecule has 1 aromatic heterocycles. The van der Waals surface area contributed by atoms with Crippen LogP contribution >= 0.6 is 0 Å². The molecule has 4 aromatic rings. The Morgan fingerprint density at radius 2 is 1.50 bits per heavy atom. The standard InChI is InChI=1S/C27H26N2O3/c1-2-8-23-19-28(17-20-9-4-3-5-10-20)27(32)29(23)18-21-13-15-22(16-14-21)24-11-6-7-12-25(24)26(30)31/h3-7,9-16,19H,2,8,17-18H2,1H3,(H,30,31). The Morgan fingerprint density at radius 3 is 2.19 bits per heavy atom. The van der Waals surface area contributed by atoms with Crippen LogP contribution in [0, 0.1) is 0 Å². The second-order valence-corrected chi connectivity index (χ2v) is 7.90. The highest BCUT2D eigenvalue weighted by Gasteiger charge is 2.13. The van der Waals surface area contributed by atoms with Gasteiger partial charge in [-0.1, -0.05) is 86.1 Å². The van der Waals surface area contributed by atoms with Crippen LogP contribution in [-0.2, 0) is 19.5 Å². The zero-order valence-corrected chi connectivity index (χ0v) is 18.1. The van der Waals surface area contributed by atoms with Gasteiger partial charge in [-0.25, -0.2) is 9.59 Å². The largest absolute Gasteiger partial charge is 0.478 e. The Balaban J connectivity index is 1.61. The number of carboxylic acids is 1. The average Bonchev–Trinajstić information content (AvgIpc) is 3.09. The summed E-state index contributed by atoms with van der Waals surface area (Å²) in [6, 6.07) is 24.7. The molecule has 0 aliphatic heterocycles. The van der Waals surface area contributed by atoms with Crippen molar-refractivity contribution >= 4 is 5.97 Å². The topological polar surface area (TPSA) is 64.2 Å². The summed E-state index contributed by atoms with van der Waals surface area (Å²) >= 11 is 0. The summed E-state index contributed by atoms with van der Waals surface area (Å²) < 4.78 is 3.62. The molecule has 0 spiro atoms. The minimum absolute atomic E-state index is 0.0161. The van der Waals surface area contributed by atoms with E-state index in [1.165, 1.54) is 0 Å². The van der Waals surface area contributed by atoms with Crippen molar-refractivity contribution in [2.24, 2.45) is 0 Å². The normalized spacial score (nSPS) is 10.9. The predicted molar refractivity (Wildman–Crippen MR) is 126 cm³/mol. The third-order valence-electron chi connectivity index (χ3n) is 5.59. The van der Waals surface area contributed by atoms with E-state index in [-0.39, 0.29) is 11.3 Å². The van der Waals surface area contributed by atoms with Crippen molar-refractivity contribution in [2.45, 2.75) is 32.9 Å². The van der Waals surface area contributed by atoms with E-state index in [9.17, 15) is 14.7 Å². The number of carboxylic acid groups (broad SMARTS) is 1. The first-order valence-corrected chi connectivity index (χ1v) is 10.8. The number of hydrogen-bond donors (Lipinski definition) is 1. The number of aromatic nitrogens is 2. The van der Waals surface area contributed by atoms with Crippen LogP contribution in [0.1, 0.15) is 40.5 Å². The van der Waals surface area contributed by atoms with Crippen LogP contribution in [-0.4, -0.2) is 20.2 Å². The fourth-order valence-electron chi connectivity index (χ4n) is 3.99. The molecule has 4 rings (SSSR count). The lowest BCUT2D eigenvalue weighted by Gasteiger charge is -2.09. The van der Waals surface area contributed by atoms with E-state index in [4.69, 9.17) is 0 Å². The lowest BCUT2D eigenvalue weighted by molar-refractivity contribution is 0.0697. The fraction of sp³-hybridized carbons (Fsp3) is 0.185. The highest BCUT2D eigenvalue weighted by atomic mass is 16.4. The molecule has 5 nitrogen and oxygen atoms in total. The summed E-state index contributed by atoms with van der Waals surface area (Å²) in [6.07, 6.45) is 3.76. The van der Waals surface area contributed by atoms with Crippen LogP contribution in [0.15, 0.2) is 89.9 Å². The Hall–Kier alpha value is -3.86. The maximum absolute atomic E-state index is 13.1. The van der Waals surface area contributed by atoms with Gasteiger partial charge in [-0.3, -0.25) is 9.13 Å². The van der Waals surface area contributed by atoms with Gasteiger partial charge in [-0.05, 0) is 34.7 Å². The first-order valence-electron chi connectivity index (χ1n) is 10.8. The predicted octanol–water partition coefficient (Wildman–Crippen LogP) is 5.06. The van der Waals surface area contributed by atoms with Crippen molar-refractivity contribution in [1.82, 2.24) is 9.13 Å². The number of aryl methyl sites for hydroxylation is 1. The molecule has 0 radical (unpaired) electrons. The van der Waals surface area contributed by atoms with E-state index in [2.05, 4.69) is 6.92 Å². The maximum Gasteiger partial charge on any atom is 0.336 e. The van der Waals surface area contributed by atoms with Crippen molar-refractivity contribution in [2.75, 3.05) is 0 Å². The lowest BCUT2D eigenvalue weighted by atomic mass is 9.99. The molecule has 3 aromatic carbocycles. The van der Waals surface area contributed by atoms with Gasteiger partial charge in [0.05, 0.1) is 18.7 Å². The van der Waals surface area contributed by atoms with Crippen molar-refractivity contribution in [3.8, 4) is 11.1 Å². The van der Waals surface area contributed by atoms with Crippen molar-refractivity contribution < 1.29 is 9.90 Å². The molecule has 0 aliphatic rings. The second kappa shape index (κ2) is 9.52. The molecular weight excluding hydrogens is 400 g/mol. The van der Waals surface area contributed by atoms with Crippen LogP contribution in [0.4, 0.5) is 0 Å². The molecule has 0 atom stereocenters. The summed E-state index contributed by atoms with van der Waals surface area (Å²) in [6.45, 7) is 3.14. The van der Waals surface area contributed by atoms with Crippen LogP contribution < -0.4 is 5.69 Å². The fourth-order valence-corrected chi connectivity index (χ4v) is 3.99. The molecule has 0 aliphatic carbocycles. The van der Waals surface area contributed by atoms with Crippen LogP contribution in [0.25, 0.3) is 11.1 Å². The Morgan fingerprint density at radius 1 is 0.844 bits per heavy atom. The van der Waals surface area contributed by atoms with Gasteiger partial charge in [0.1, 0.15) is 0 Å². The van der Waals surface area contributed by atoms with E-state index in [1.54, 1.807) is 16.7 Å². The zero-order valence-electron chi connectivity index (χ0n) is 18.1. The minimum Gasteiger partial charge on any atom is -0.478 e. The van der Waals surface area contributed by atoms with Gasteiger partial charge in [-0.15, -0.1) is 0 Å². The Bertz CT molecular complexity index is 1270. The molecule has 162 valence electrons. The molecule has 1 heterocycles. The number of imidazole rings is 1. The smallest absolute Gasteiger partial charge is 0.336 e. The first kappa shape index (κ1) is 21.4. The number of benzene rings is 3. The summed E-state index contributed by atoms with van der Waals surface area (Å²) in [7, 11) is 0. The molecule has 0 saturated heterocycles. The van der Waals surface area contributed by atoms with Gasteiger partial charge in [0.2, 0.25) is 0 Å². The van der Waals surface area contributed by atoms with Crippen molar-refractivity contribution in [3.63, 3.8) is 0 Å². The quantitative estimate of drug-likeness (QED) is 0.428. The molecule has 0 amide bonds. The van der Waals surface area contributed by atoms with Crippen molar-refractivity contribution in [1.29, 1.82) is 0 Å². The van der Waals surface area contributed by atoms with E-state index in [0.717, 1.165) is 35.2 Å². The Kier molecular flexibility index (Phi) is 6.36. The second-order valence-electron chi connectivity index (χ2n) is 7.90. The maximum atomic E-state index is 13.1. The molecular formula is C27H26N2O3. The zero-order chi connectivity index (χ0) is 22.5. The summed E-state index contributed by atoms with van der Waals surface area (Å²) in [5, 5.41) is 9.46. The third-order valence-corrected chi connectivity index (χ3v) is 5.59. The van der Waals surface area contributed by atoms with Crippen LogP contribution in [0.5, 0.6) is 0 Å². The molecule has 5 heteroatoms. The number of nitrogens with zero attached hydrogens (tertiary/aromatic N) is 2. The lowest BCUT2D eigenvalue weighted by Crippen LogP contribution is -2.26. The average molecular weight is 427 g/mol. The SMILES string of the molecule is CCCc1cn(Cc2ccccc2)c(=O)n1Cc1ccc(-c2ccccc2C(=O)O)cc1. The van der Waals surface area contributed by atoms with E-state index in [1.807, 2.05) is 77.5 Å². The van der Waals surface area contributed by atoms with E-state index >= 15 is 0 Å². The highest BCUT2D eigenvalue weighted by Crippen LogP contribution is 2.24. The van der Waals surface area contributed by atoms with Gasteiger partial charge in [0.15, 0.2) is 0 Å². The van der Waals surface area contributed by atoms with Gasteiger partial charge < -0.3 is 5.11 Å². The molecule has 32 heavy (non-hydrogen) atoms. The summed E-state index contributed by atoms with van der Waals surface area (Å²) in [5.41, 5.74) is 4.90. The number of rotatable bonds is 8. The molecule has 1 N–H and O–H groups in total. The summed E-state index contributed by atoms with van der Waals surface area (Å²) in [5.74, 6) is -0.944. The Labute approximate surface area is 187 Å². The number of aromatic carboxylic acids is 1. The van der Waals surface area contributed by atoms with Crippen molar-refractivity contribution in [3.05, 3.63) is 118 Å². The van der Waals surface area contributed by atoms with E-state index in [0.29, 0.717) is 18.7 Å². The van der Waals surface area contributed by atoms with Crippen LogP contribution in [0.3, 0.4) is 0 Å². The van der Waals surface area contributed by atoms with E-state index < -0.39 is 5.97 Å². The monoisotopic (exact) mass is 426 g/mol.